The van der Waals surface area contributed by atoms with Crippen molar-refractivity contribution in [1.29, 1.82) is 0 Å². The Kier molecular flexibility index (Phi) is 4.34. The second kappa shape index (κ2) is 6.59. The van der Waals surface area contributed by atoms with Gasteiger partial charge in [0.15, 0.2) is 6.40 Å². The van der Waals surface area contributed by atoms with Gasteiger partial charge in [-0.05, 0) is 30.5 Å². The molecule has 0 aliphatic carbocycles. The van der Waals surface area contributed by atoms with Crippen molar-refractivity contribution >= 4 is 29.6 Å². The van der Waals surface area contributed by atoms with Crippen molar-refractivity contribution in [3.63, 3.8) is 0 Å². The van der Waals surface area contributed by atoms with Crippen LogP contribution in [0.2, 0.25) is 0 Å². The maximum Gasteiger partial charge on any atom is 0.258 e. The maximum atomic E-state index is 11.6. The first kappa shape index (κ1) is 15.8. The van der Waals surface area contributed by atoms with E-state index in [2.05, 4.69) is 9.84 Å². The summed E-state index contributed by atoms with van der Waals surface area (Å²) in [5.41, 5.74) is 3.96. The molecule has 2 heterocycles. The minimum absolute atomic E-state index is 0.0409. The van der Waals surface area contributed by atoms with Crippen molar-refractivity contribution in [1.82, 2.24) is 0 Å². The molecule has 0 saturated carbocycles. The molecule has 0 saturated heterocycles. The molecule has 0 fully saturated rings. The van der Waals surface area contributed by atoms with Crippen LogP contribution in [0.1, 0.15) is 19.4 Å². The SMILES string of the molecule is [C-]#[N+]c1c(-c2ccc3c(c2)CCN3C(C)=O)coc1N=COCC. The molecule has 122 valence electrons. The summed E-state index contributed by atoms with van der Waals surface area (Å²) in [7, 11) is 0. The number of fused-ring (bicyclic) bond motifs is 1. The fourth-order valence-electron chi connectivity index (χ4n) is 2.80. The first-order valence-corrected chi connectivity index (χ1v) is 7.70. The van der Waals surface area contributed by atoms with Gasteiger partial charge in [0, 0.05) is 24.7 Å². The van der Waals surface area contributed by atoms with Crippen LogP contribution in [-0.2, 0) is 16.0 Å². The van der Waals surface area contributed by atoms with Gasteiger partial charge >= 0.3 is 0 Å². The highest BCUT2D eigenvalue weighted by Gasteiger charge is 2.23. The summed E-state index contributed by atoms with van der Waals surface area (Å²) in [6.07, 6.45) is 3.62. The van der Waals surface area contributed by atoms with Gasteiger partial charge in [0.2, 0.25) is 11.8 Å². The monoisotopic (exact) mass is 323 g/mol. The van der Waals surface area contributed by atoms with E-state index < -0.39 is 0 Å². The van der Waals surface area contributed by atoms with Crippen molar-refractivity contribution < 1.29 is 13.9 Å². The number of hydrogen-bond acceptors (Lipinski definition) is 4. The van der Waals surface area contributed by atoms with Crippen LogP contribution in [0.3, 0.4) is 0 Å². The van der Waals surface area contributed by atoms with Gasteiger partial charge in [0.25, 0.3) is 5.69 Å². The zero-order valence-corrected chi connectivity index (χ0v) is 13.6. The van der Waals surface area contributed by atoms with Crippen molar-refractivity contribution in [2.45, 2.75) is 20.3 Å². The summed E-state index contributed by atoms with van der Waals surface area (Å²) in [6, 6.07) is 5.83. The van der Waals surface area contributed by atoms with E-state index in [-0.39, 0.29) is 11.8 Å². The minimum Gasteiger partial charge on any atom is -0.483 e. The molecule has 6 heteroatoms. The summed E-state index contributed by atoms with van der Waals surface area (Å²) in [4.78, 5) is 21.0. The van der Waals surface area contributed by atoms with Gasteiger partial charge in [0.1, 0.15) is 0 Å². The van der Waals surface area contributed by atoms with Crippen LogP contribution in [0.5, 0.6) is 0 Å². The molecule has 0 radical (unpaired) electrons. The van der Waals surface area contributed by atoms with E-state index in [0.717, 1.165) is 23.2 Å². The number of ether oxygens (including phenoxy) is 1. The third-order valence-electron chi connectivity index (χ3n) is 3.94. The van der Waals surface area contributed by atoms with Gasteiger partial charge < -0.3 is 14.1 Å². The third kappa shape index (κ3) is 2.76. The Hall–Kier alpha value is -3.07. The topological polar surface area (TPSA) is 59.4 Å². The van der Waals surface area contributed by atoms with Crippen LogP contribution in [0, 0.1) is 6.57 Å². The van der Waals surface area contributed by atoms with Crippen molar-refractivity contribution in [3.8, 4) is 11.1 Å². The van der Waals surface area contributed by atoms with E-state index in [1.807, 2.05) is 25.1 Å². The largest absolute Gasteiger partial charge is 0.483 e. The number of benzene rings is 1. The van der Waals surface area contributed by atoms with Crippen LogP contribution in [-0.4, -0.2) is 25.5 Å². The lowest BCUT2D eigenvalue weighted by Gasteiger charge is -2.14. The fraction of sp³-hybridized carbons (Fsp3) is 0.278. The highest BCUT2D eigenvalue weighted by molar-refractivity contribution is 5.95. The Labute approximate surface area is 140 Å². The molecule has 0 spiro atoms. The van der Waals surface area contributed by atoms with Gasteiger partial charge in [-0.3, -0.25) is 4.79 Å². The van der Waals surface area contributed by atoms with Gasteiger partial charge in [-0.1, -0.05) is 12.1 Å². The second-order valence-electron chi connectivity index (χ2n) is 5.37. The van der Waals surface area contributed by atoms with Gasteiger partial charge in [-0.15, -0.1) is 0 Å². The van der Waals surface area contributed by atoms with E-state index in [1.165, 1.54) is 12.7 Å². The minimum atomic E-state index is 0.0409. The molecule has 0 unspecified atom stereocenters. The van der Waals surface area contributed by atoms with E-state index in [4.69, 9.17) is 15.7 Å². The Morgan fingerprint density at radius 3 is 3.08 bits per heavy atom. The highest BCUT2D eigenvalue weighted by Crippen LogP contribution is 2.42. The number of furan rings is 1. The standard InChI is InChI=1S/C18H17N3O3/c1-4-23-11-20-18-17(19-3)15(10-24-18)13-5-6-16-14(9-13)7-8-21(16)12(2)22/h5-6,9-11H,4,7-8H2,1-2H3. The highest BCUT2D eigenvalue weighted by atomic mass is 16.5. The Bertz CT molecular complexity index is 846. The molecule has 1 aromatic carbocycles. The summed E-state index contributed by atoms with van der Waals surface area (Å²) in [5.74, 6) is 0.276. The molecular weight excluding hydrogens is 306 g/mol. The zero-order valence-electron chi connectivity index (χ0n) is 13.6. The van der Waals surface area contributed by atoms with E-state index in [1.54, 1.807) is 11.8 Å². The molecule has 1 aliphatic heterocycles. The molecule has 1 amide bonds. The number of carbonyl (C=O) groups excluding carboxylic acids is 1. The van der Waals surface area contributed by atoms with Crippen LogP contribution < -0.4 is 4.90 Å². The number of carbonyl (C=O) groups is 1. The predicted molar refractivity (Wildman–Crippen MR) is 91.9 cm³/mol. The Morgan fingerprint density at radius 1 is 1.54 bits per heavy atom. The maximum absolute atomic E-state index is 11.6. The lowest BCUT2D eigenvalue weighted by atomic mass is 10.0. The molecule has 24 heavy (non-hydrogen) atoms. The summed E-state index contributed by atoms with van der Waals surface area (Å²) in [5, 5.41) is 0. The quantitative estimate of drug-likeness (QED) is 0.483. The van der Waals surface area contributed by atoms with E-state index >= 15 is 0 Å². The molecule has 0 bridgehead atoms. The van der Waals surface area contributed by atoms with E-state index in [9.17, 15) is 4.79 Å². The molecule has 1 aromatic heterocycles. The van der Waals surface area contributed by atoms with Crippen molar-refractivity contribution in [2.75, 3.05) is 18.1 Å². The number of hydrogen-bond donors (Lipinski definition) is 0. The molecule has 6 nitrogen and oxygen atoms in total. The summed E-state index contributed by atoms with van der Waals surface area (Å²) < 4.78 is 10.5. The first-order chi connectivity index (χ1) is 11.7. The number of aliphatic imine (C=N–C) groups is 1. The zero-order chi connectivity index (χ0) is 17.1. The molecule has 2 aromatic rings. The lowest BCUT2D eigenvalue weighted by molar-refractivity contribution is -0.116. The van der Waals surface area contributed by atoms with Crippen LogP contribution in [0.15, 0.2) is 33.9 Å². The number of rotatable bonds is 4. The molecule has 1 aliphatic rings. The Morgan fingerprint density at radius 2 is 2.38 bits per heavy atom. The normalized spacial score (nSPS) is 13.1. The predicted octanol–water partition coefficient (Wildman–Crippen LogP) is 4.10. The number of amides is 1. The van der Waals surface area contributed by atoms with Gasteiger partial charge in [-0.2, -0.15) is 4.99 Å². The summed E-state index contributed by atoms with van der Waals surface area (Å²) in [6.45, 7) is 12.0. The van der Waals surface area contributed by atoms with Gasteiger partial charge in [-0.25, -0.2) is 4.85 Å². The average molecular weight is 323 g/mol. The lowest BCUT2D eigenvalue weighted by Crippen LogP contribution is -2.25. The number of nitrogens with zero attached hydrogens (tertiary/aromatic N) is 3. The van der Waals surface area contributed by atoms with Crippen molar-refractivity contribution in [3.05, 3.63) is 41.4 Å². The Balaban J connectivity index is 1.96. The molecular formula is C18H17N3O3. The first-order valence-electron chi connectivity index (χ1n) is 7.70. The number of anilines is 1. The van der Waals surface area contributed by atoms with E-state index in [0.29, 0.717) is 24.4 Å². The van der Waals surface area contributed by atoms with Gasteiger partial charge in [0.05, 0.1) is 19.4 Å². The molecule has 3 rings (SSSR count). The van der Waals surface area contributed by atoms with Crippen LogP contribution >= 0.6 is 0 Å². The van der Waals surface area contributed by atoms with Crippen LogP contribution in [0.25, 0.3) is 16.0 Å². The molecule has 0 atom stereocenters. The second-order valence-corrected chi connectivity index (χ2v) is 5.37. The fourth-order valence-corrected chi connectivity index (χ4v) is 2.80. The molecule has 0 N–H and O–H groups in total. The van der Waals surface area contributed by atoms with Crippen LogP contribution in [0.4, 0.5) is 17.3 Å². The average Bonchev–Trinajstić information content (AvgIpc) is 3.17. The third-order valence-corrected chi connectivity index (χ3v) is 3.94. The summed E-state index contributed by atoms with van der Waals surface area (Å²) >= 11 is 0. The smallest absolute Gasteiger partial charge is 0.258 e. The van der Waals surface area contributed by atoms with Crippen molar-refractivity contribution in [2.24, 2.45) is 4.99 Å².